The third-order valence-corrected chi connectivity index (χ3v) is 3.10. The molecule has 0 fully saturated rings. The fraction of sp³-hybridized carbons (Fsp3) is 0.400. The van der Waals surface area contributed by atoms with Crippen LogP contribution in [0.15, 0.2) is 18.2 Å². The maximum atomic E-state index is 10.7. The molecular formula is C10H16N2O4S. The highest BCUT2D eigenvalue weighted by molar-refractivity contribution is 7.89. The standard InChI is InChI=1S/C10H16N2O4S/c1-7(12-5-6-17(11,15)16)10-8(13)3-2-4-9(10)14/h2-4,7,12-14H,5-6H2,1H3,(H2,11,15,16). The summed E-state index contributed by atoms with van der Waals surface area (Å²) in [6, 6.07) is 4.04. The summed E-state index contributed by atoms with van der Waals surface area (Å²) in [4.78, 5) is 0. The zero-order valence-corrected chi connectivity index (χ0v) is 10.2. The number of sulfonamides is 1. The first-order valence-corrected chi connectivity index (χ1v) is 6.77. The first-order valence-electron chi connectivity index (χ1n) is 5.06. The second-order valence-electron chi connectivity index (χ2n) is 3.75. The van der Waals surface area contributed by atoms with Crippen LogP contribution in [-0.2, 0) is 10.0 Å². The van der Waals surface area contributed by atoms with E-state index in [0.717, 1.165) is 0 Å². The van der Waals surface area contributed by atoms with Gasteiger partial charge in [-0.2, -0.15) is 0 Å². The lowest BCUT2D eigenvalue weighted by atomic mass is 10.1. The highest BCUT2D eigenvalue weighted by Gasteiger charge is 2.14. The third-order valence-electron chi connectivity index (χ3n) is 2.33. The average Bonchev–Trinajstić information content (AvgIpc) is 2.15. The Labute approximate surface area is 100 Å². The summed E-state index contributed by atoms with van der Waals surface area (Å²) in [6.45, 7) is 1.85. The first kappa shape index (κ1) is 13.8. The van der Waals surface area contributed by atoms with E-state index in [4.69, 9.17) is 5.14 Å². The number of hydrogen-bond acceptors (Lipinski definition) is 5. The number of phenolic OH excluding ortho intramolecular Hbond substituents is 2. The number of nitrogens with one attached hydrogen (secondary N) is 1. The fourth-order valence-corrected chi connectivity index (χ4v) is 1.91. The lowest BCUT2D eigenvalue weighted by Crippen LogP contribution is -2.29. The molecule has 0 aliphatic rings. The second kappa shape index (κ2) is 5.35. The van der Waals surface area contributed by atoms with Gasteiger partial charge in [-0.3, -0.25) is 0 Å². The number of hydrogen-bond donors (Lipinski definition) is 4. The van der Waals surface area contributed by atoms with Gasteiger partial charge in [-0.1, -0.05) is 6.07 Å². The van der Waals surface area contributed by atoms with E-state index in [-0.39, 0.29) is 29.8 Å². The van der Waals surface area contributed by atoms with Crippen molar-refractivity contribution >= 4 is 10.0 Å². The SMILES string of the molecule is CC(NCCS(N)(=O)=O)c1c(O)cccc1O. The molecule has 5 N–H and O–H groups in total. The van der Waals surface area contributed by atoms with Crippen LogP contribution in [-0.4, -0.2) is 30.9 Å². The van der Waals surface area contributed by atoms with Crippen molar-refractivity contribution < 1.29 is 18.6 Å². The molecule has 0 aliphatic heterocycles. The summed E-state index contributed by atoms with van der Waals surface area (Å²) < 4.78 is 21.4. The van der Waals surface area contributed by atoms with Crippen LogP contribution in [0.4, 0.5) is 0 Å². The molecule has 0 amide bonds. The minimum Gasteiger partial charge on any atom is -0.507 e. The van der Waals surface area contributed by atoms with Crippen molar-refractivity contribution in [1.29, 1.82) is 0 Å². The predicted octanol–water partition coefficient (Wildman–Crippen LogP) is 0.0369. The Hall–Kier alpha value is -1.31. The highest BCUT2D eigenvalue weighted by Crippen LogP contribution is 2.31. The maximum Gasteiger partial charge on any atom is 0.210 e. The van der Waals surface area contributed by atoms with Gasteiger partial charge in [0.05, 0.1) is 11.3 Å². The molecule has 1 unspecified atom stereocenters. The molecule has 96 valence electrons. The van der Waals surface area contributed by atoms with Crippen LogP contribution in [0.5, 0.6) is 11.5 Å². The Morgan fingerprint density at radius 1 is 1.35 bits per heavy atom. The van der Waals surface area contributed by atoms with E-state index in [0.29, 0.717) is 5.56 Å². The molecule has 7 heteroatoms. The molecule has 0 aliphatic carbocycles. The Balaban J connectivity index is 2.67. The van der Waals surface area contributed by atoms with Crippen molar-refractivity contribution in [3.63, 3.8) is 0 Å². The van der Waals surface area contributed by atoms with Crippen molar-refractivity contribution in [3.05, 3.63) is 23.8 Å². The van der Waals surface area contributed by atoms with Crippen LogP contribution in [0.1, 0.15) is 18.5 Å². The number of rotatable bonds is 5. The number of benzene rings is 1. The summed E-state index contributed by atoms with van der Waals surface area (Å²) in [7, 11) is -3.51. The molecule has 6 nitrogen and oxygen atoms in total. The van der Waals surface area contributed by atoms with Gasteiger partial charge < -0.3 is 15.5 Å². The predicted molar refractivity (Wildman–Crippen MR) is 64.2 cm³/mol. The normalized spacial score (nSPS) is 13.5. The van der Waals surface area contributed by atoms with Crippen LogP contribution >= 0.6 is 0 Å². The second-order valence-corrected chi connectivity index (χ2v) is 5.49. The van der Waals surface area contributed by atoms with E-state index >= 15 is 0 Å². The van der Waals surface area contributed by atoms with E-state index in [1.54, 1.807) is 6.92 Å². The van der Waals surface area contributed by atoms with E-state index in [1.165, 1.54) is 18.2 Å². The molecule has 1 aromatic carbocycles. The van der Waals surface area contributed by atoms with E-state index < -0.39 is 10.0 Å². The van der Waals surface area contributed by atoms with Crippen LogP contribution in [0, 0.1) is 0 Å². The summed E-state index contributed by atoms with van der Waals surface area (Å²) in [5.74, 6) is -0.285. The van der Waals surface area contributed by atoms with Gasteiger partial charge in [0.1, 0.15) is 11.5 Å². The molecule has 1 aromatic rings. The summed E-state index contributed by atoms with van der Waals surface area (Å²) in [6.07, 6.45) is 0. The maximum absolute atomic E-state index is 10.7. The monoisotopic (exact) mass is 260 g/mol. The molecule has 0 heterocycles. The lowest BCUT2D eigenvalue weighted by Gasteiger charge is -2.16. The van der Waals surface area contributed by atoms with Crippen molar-refractivity contribution in [3.8, 4) is 11.5 Å². The lowest BCUT2D eigenvalue weighted by molar-refractivity contribution is 0.421. The minimum absolute atomic E-state index is 0.0411. The third kappa shape index (κ3) is 4.22. The quantitative estimate of drug-likeness (QED) is 0.597. The van der Waals surface area contributed by atoms with E-state index in [1.807, 2.05) is 0 Å². The summed E-state index contributed by atoms with van der Waals surface area (Å²) in [5.41, 5.74) is 0.335. The molecular weight excluding hydrogens is 244 g/mol. The average molecular weight is 260 g/mol. The van der Waals surface area contributed by atoms with Gasteiger partial charge in [0.15, 0.2) is 0 Å². The molecule has 1 rings (SSSR count). The number of aromatic hydroxyl groups is 2. The Bertz CT molecular complexity index is 467. The van der Waals surface area contributed by atoms with Crippen molar-refractivity contribution in [2.45, 2.75) is 13.0 Å². The molecule has 17 heavy (non-hydrogen) atoms. The van der Waals surface area contributed by atoms with E-state index in [9.17, 15) is 18.6 Å². The molecule has 0 bridgehead atoms. The largest absolute Gasteiger partial charge is 0.507 e. The molecule has 0 saturated carbocycles. The zero-order chi connectivity index (χ0) is 13.1. The highest BCUT2D eigenvalue weighted by atomic mass is 32.2. The smallest absolute Gasteiger partial charge is 0.210 e. The van der Waals surface area contributed by atoms with Crippen molar-refractivity contribution in [2.24, 2.45) is 5.14 Å². The van der Waals surface area contributed by atoms with Crippen molar-refractivity contribution in [1.82, 2.24) is 5.32 Å². The van der Waals surface area contributed by atoms with E-state index in [2.05, 4.69) is 5.32 Å². The van der Waals surface area contributed by atoms with Crippen LogP contribution in [0.3, 0.4) is 0 Å². The summed E-state index contributed by atoms with van der Waals surface area (Å²) >= 11 is 0. The molecule has 0 saturated heterocycles. The molecule has 0 radical (unpaired) electrons. The number of primary sulfonamides is 1. The Kier molecular flexibility index (Phi) is 4.33. The molecule has 0 spiro atoms. The van der Waals surface area contributed by atoms with Gasteiger partial charge in [0.25, 0.3) is 0 Å². The van der Waals surface area contributed by atoms with Crippen LogP contribution in [0.25, 0.3) is 0 Å². The number of phenols is 2. The van der Waals surface area contributed by atoms with Crippen LogP contribution in [0.2, 0.25) is 0 Å². The van der Waals surface area contributed by atoms with Gasteiger partial charge >= 0.3 is 0 Å². The Morgan fingerprint density at radius 2 is 1.88 bits per heavy atom. The van der Waals surface area contributed by atoms with Gasteiger partial charge in [-0.15, -0.1) is 0 Å². The zero-order valence-electron chi connectivity index (χ0n) is 9.42. The van der Waals surface area contributed by atoms with Gasteiger partial charge in [0.2, 0.25) is 10.0 Å². The summed E-state index contributed by atoms with van der Waals surface area (Å²) in [5, 5.41) is 26.9. The van der Waals surface area contributed by atoms with Gasteiger partial charge in [-0.25, -0.2) is 13.6 Å². The fourth-order valence-electron chi connectivity index (χ4n) is 1.50. The van der Waals surface area contributed by atoms with Crippen LogP contribution < -0.4 is 10.5 Å². The minimum atomic E-state index is -3.51. The molecule has 0 aromatic heterocycles. The van der Waals surface area contributed by atoms with Gasteiger partial charge in [0, 0.05) is 12.6 Å². The molecule has 1 atom stereocenters. The van der Waals surface area contributed by atoms with Crippen molar-refractivity contribution in [2.75, 3.05) is 12.3 Å². The topological polar surface area (TPSA) is 113 Å². The van der Waals surface area contributed by atoms with Gasteiger partial charge in [-0.05, 0) is 19.1 Å². The number of nitrogens with two attached hydrogens (primary N) is 1. The first-order chi connectivity index (χ1) is 7.81. The Morgan fingerprint density at radius 3 is 2.35 bits per heavy atom.